The molecule has 1 fully saturated rings. The molecule has 1 aliphatic carbocycles. The molecule has 116 valence electrons. The van der Waals surface area contributed by atoms with Crippen LogP contribution >= 0.6 is 0 Å². The smallest absolute Gasteiger partial charge is 0.309 e. The summed E-state index contributed by atoms with van der Waals surface area (Å²) < 4.78 is 5.03. The molecule has 20 heavy (non-hydrogen) atoms. The molecule has 0 aromatic carbocycles. The third kappa shape index (κ3) is 4.30. The molecule has 0 amide bonds. The standard InChI is InChI=1S/C16H29NO3/c1-4-7-8-11(5-2)15(17)13-9-12(10-14(13)18)16(19)20-6-3/h11-14,17-18H,4-10H2,1-3H3. The Labute approximate surface area is 122 Å². The van der Waals surface area contributed by atoms with Gasteiger partial charge in [0.05, 0.1) is 18.6 Å². The van der Waals surface area contributed by atoms with E-state index >= 15 is 0 Å². The van der Waals surface area contributed by atoms with Gasteiger partial charge in [-0.2, -0.15) is 0 Å². The van der Waals surface area contributed by atoms with Gasteiger partial charge in [-0.15, -0.1) is 0 Å². The molecule has 4 atom stereocenters. The van der Waals surface area contributed by atoms with E-state index in [0.717, 1.165) is 25.7 Å². The van der Waals surface area contributed by atoms with E-state index in [0.29, 0.717) is 25.2 Å². The number of hydrogen-bond acceptors (Lipinski definition) is 4. The van der Waals surface area contributed by atoms with Crippen LogP contribution in [0.15, 0.2) is 0 Å². The average molecular weight is 283 g/mol. The van der Waals surface area contributed by atoms with Crippen molar-refractivity contribution in [3.8, 4) is 0 Å². The van der Waals surface area contributed by atoms with E-state index in [1.807, 2.05) is 0 Å². The number of rotatable bonds is 8. The molecular formula is C16H29NO3. The van der Waals surface area contributed by atoms with Gasteiger partial charge in [0.15, 0.2) is 0 Å². The van der Waals surface area contributed by atoms with Gasteiger partial charge in [0, 0.05) is 11.6 Å². The van der Waals surface area contributed by atoms with Gasteiger partial charge in [-0.05, 0) is 38.5 Å². The molecule has 1 aliphatic rings. The van der Waals surface area contributed by atoms with E-state index in [-0.39, 0.29) is 23.7 Å². The Bertz CT molecular complexity index is 330. The minimum Gasteiger partial charge on any atom is -0.466 e. The number of carbonyl (C=O) groups is 1. The summed E-state index contributed by atoms with van der Waals surface area (Å²) in [5, 5.41) is 18.5. The first kappa shape index (κ1) is 17.2. The van der Waals surface area contributed by atoms with Crippen LogP contribution in [0.25, 0.3) is 0 Å². The fourth-order valence-corrected chi connectivity index (χ4v) is 3.14. The van der Waals surface area contributed by atoms with Crippen molar-refractivity contribution in [2.45, 2.75) is 65.4 Å². The number of carbonyl (C=O) groups excluding carboxylic acids is 1. The van der Waals surface area contributed by atoms with E-state index in [9.17, 15) is 9.90 Å². The van der Waals surface area contributed by atoms with Crippen LogP contribution in [-0.4, -0.2) is 29.5 Å². The number of aliphatic hydroxyl groups is 1. The maximum atomic E-state index is 11.8. The fourth-order valence-electron chi connectivity index (χ4n) is 3.14. The summed E-state index contributed by atoms with van der Waals surface area (Å²) in [6.07, 6.45) is 4.64. The molecule has 0 aromatic heterocycles. The van der Waals surface area contributed by atoms with Crippen molar-refractivity contribution in [3.05, 3.63) is 0 Å². The van der Waals surface area contributed by atoms with Crippen molar-refractivity contribution >= 4 is 11.7 Å². The van der Waals surface area contributed by atoms with Crippen LogP contribution in [0.5, 0.6) is 0 Å². The average Bonchev–Trinajstić information content (AvgIpc) is 2.82. The zero-order valence-electron chi connectivity index (χ0n) is 13.0. The molecule has 0 aliphatic heterocycles. The predicted molar refractivity (Wildman–Crippen MR) is 79.9 cm³/mol. The molecule has 1 rings (SSSR count). The van der Waals surface area contributed by atoms with Crippen molar-refractivity contribution in [1.29, 1.82) is 5.41 Å². The number of hydrogen-bond donors (Lipinski definition) is 2. The second-order valence-electron chi connectivity index (χ2n) is 5.80. The lowest BCUT2D eigenvalue weighted by atomic mass is 9.84. The highest BCUT2D eigenvalue weighted by Crippen LogP contribution is 2.35. The second-order valence-corrected chi connectivity index (χ2v) is 5.80. The van der Waals surface area contributed by atoms with E-state index in [1.54, 1.807) is 6.92 Å². The summed E-state index contributed by atoms with van der Waals surface area (Å²) in [5.41, 5.74) is 0.639. The Morgan fingerprint density at radius 1 is 1.35 bits per heavy atom. The summed E-state index contributed by atoms with van der Waals surface area (Å²) in [4.78, 5) is 11.8. The first-order valence-corrected chi connectivity index (χ1v) is 7.98. The van der Waals surface area contributed by atoms with Crippen LogP contribution in [-0.2, 0) is 9.53 Å². The van der Waals surface area contributed by atoms with E-state index < -0.39 is 6.10 Å². The molecule has 0 bridgehead atoms. The summed E-state index contributed by atoms with van der Waals surface area (Å²) >= 11 is 0. The minimum atomic E-state index is -0.562. The van der Waals surface area contributed by atoms with Gasteiger partial charge >= 0.3 is 5.97 Å². The Hall–Kier alpha value is -0.900. The van der Waals surface area contributed by atoms with Crippen LogP contribution in [0.2, 0.25) is 0 Å². The molecule has 0 saturated heterocycles. The highest BCUT2D eigenvalue weighted by atomic mass is 16.5. The molecule has 1 saturated carbocycles. The van der Waals surface area contributed by atoms with Crippen LogP contribution < -0.4 is 0 Å². The van der Waals surface area contributed by atoms with Crippen molar-refractivity contribution in [1.82, 2.24) is 0 Å². The van der Waals surface area contributed by atoms with Gasteiger partial charge in [-0.25, -0.2) is 0 Å². The number of esters is 1. The van der Waals surface area contributed by atoms with Gasteiger partial charge in [0.25, 0.3) is 0 Å². The fraction of sp³-hybridized carbons (Fsp3) is 0.875. The van der Waals surface area contributed by atoms with Gasteiger partial charge in [0.2, 0.25) is 0 Å². The number of aliphatic hydroxyl groups excluding tert-OH is 1. The molecule has 4 heteroatoms. The Kier molecular flexibility index (Phi) is 7.20. The number of unbranched alkanes of at least 4 members (excludes halogenated alkanes) is 1. The summed E-state index contributed by atoms with van der Waals surface area (Å²) in [6.45, 7) is 6.42. The van der Waals surface area contributed by atoms with Gasteiger partial charge in [0.1, 0.15) is 0 Å². The molecule has 0 spiro atoms. The summed E-state index contributed by atoms with van der Waals surface area (Å²) in [6, 6.07) is 0. The van der Waals surface area contributed by atoms with Gasteiger partial charge < -0.3 is 15.3 Å². The zero-order chi connectivity index (χ0) is 15.1. The largest absolute Gasteiger partial charge is 0.466 e. The SMILES string of the molecule is CCCCC(CC)C(=N)C1CC(C(=O)OCC)CC1O. The van der Waals surface area contributed by atoms with E-state index in [2.05, 4.69) is 13.8 Å². The molecule has 4 unspecified atom stereocenters. The van der Waals surface area contributed by atoms with Crippen LogP contribution in [0.3, 0.4) is 0 Å². The zero-order valence-corrected chi connectivity index (χ0v) is 13.0. The minimum absolute atomic E-state index is 0.161. The molecule has 2 N–H and O–H groups in total. The summed E-state index contributed by atoms with van der Waals surface area (Å²) in [7, 11) is 0. The molecule has 4 nitrogen and oxygen atoms in total. The topological polar surface area (TPSA) is 70.4 Å². The second kappa shape index (κ2) is 8.40. The van der Waals surface area contributed by atoms with Crippen LogP contribution in [0.4, 0.5) is 0 Å². The van der Waals surface area contributed by atoms with Crippen molar-refractivity contribution in [2.75, 3.05) is 6.61 Å². The Morgan fingerprint density at radius 2 is 2.05 bits per heavy atom. The first-order chi connectivity index (χ1) is 9.54. The maximum absolute atomic E-state index is 11.8. The third-order valence-electron chi connectivity index (χ3n) is 4.39. The lowest BCUT2D eigenvalue weighted by Crippen LogP contribution is -2.28. The van der Waals surface area contributed by atoms with E-state index in [1.165, 1.54) is 0 Å². The molecular weight excluding hydrogens is 254 g/mol. The predicted octanol–water partition coefficient (Wildman–Crippen LogP) is 3.17. The highest BCUT2D eigenvalue weighted by Gasteiger charge is 2.41. The Balaban J connectivity index is 2.61. The normalized spacial score (nSPS) is 27.3. The van der Waals surface area contributed by atoms with Crippen molar-refractivity contribution in [2.24, 2.45) is 17.8 Å². The van der Waals surface area contributed by atoms with Gasteiger partial charge in [-0.3, -0.25) is 4.79 Å². The number of nitrogens with one attached hydrogen (secondary N) is 1. The Morgan fingerprint density at radius 3 is 2.60 bits per heavy atom. The number of ether oxygens (including phenoxy) is 1. The van der Waals surface area contributed by atoms with E-state index in [4.69, 9.17) is 10.1 Å². The lowest BCUT2D eigenvalue weighted by Gasteiger charge is -2.23. The maximum Gasteiger partial charge on any atom is 0.309 e. The molecule has 0 radical (unpaired) electrons. The third-order valence-corrected chi connectivity index (χ3v) is 4.39. The quantitative estimate of drug-likeness (QED) is 0.531. The molecule has 0 aromatic rings. The van der Waals surface area contributed by atoms with Crippen LogP contribution in [0, 0.1) is 23.2 Å². The van der Waals surface area contributed by atoms with Gasteiger partial charge in [-0.1, -0.05) is 26.7 Å². The van der Waals surface area contributed by atoms with Crippen molar-refractivity contribution in [3.63, 3.8) is 0 Å². The monoisotopic (exact) mass is 283 g/mol. The first-order valence-electron chi connectivity index (χ1n) is 7.98. The lowest BCUT2D eigenvalue weighted by molar-refractivity contribution is -0.148. The van der Waals surface area contributed by atoms with Crippen LogP contribution in [0.1, 0.15) is 59.3 Å². The van der Waals surface area contributed by atoms with Crippen molar-refractivity contribution < 1.29 is 14.6 Å². The highest BCUT2D eigenvalue weighted by molar-refractivity contribution is 5.88. The molecule has 0 heterocycles. The summed E-state index contributed by atoms with van der Waals surface area (Å²) in [5.74, 6) is -0.371.